The lowest BCUT2D eigenvalue weighted by atomic mass is 10.1. The minimum absolute atomic E-state index is 0.630. The van der Waals surface area contributed by atoms with E-state index in [0.717, 1.165) is 35.6 Å². The number of benzene rings is 1. The average Bonchev–Trinajstić information content (AvgIpc) is 2.23. The fourth-order valence-corrected chi connectivity index (χ4v) is 2.14. The Hall–Kier alpha value is -0.210. The van der Waals surface area contributed by atoms with E-state index in [4.69, 9.17) is 16.3 Å². The molecule has 0 heterocycles. The number of hydrogen-bond acceptors (Lipinski definition) is 1. The van der Waals surface area contributed by atoms with Gasteiger partial charge in [-0.1, -0.05) is 28.9 Å². The number of ether oxygens (including phenoxy) is 1. The molecule has 0 N–H and O–H groups in total. The molecule has 0 saturated heterocycles. The molecule has 0 aliphatic heterocycles. The van der Waals surface area contributed by atoms with Crippen LogP contribution in [0.15, 0.2) is 22.7 Å². The van der Waals surface area contributed by atoms with E-state index in [0.29, 0.717) is 5.92 Å². The van der Waals surface area contributed by atoms with Crippen molar-refractivity contribution >= 4 is 27.5 Å². The summed E-state index contributed by atoms with van der Waals surface area (Å²) in [6.07, 6.45) is 2.11. The SMILES string of the molecule is Cc1ccc(Br)cc1OCCC(C)CCCl. The molecule has 1 atom stereocenters. The quantitative estimate of drug-likeness (QED) is 0.687. The molecule has 1 aromatic carbocycles. The first-order chi connectivity index (χ1) is 7.63. The molecule has 0 fully saturated rings. The van der Waals surface area contributed by atoms with Gasteiger partial charge >= 0.3 is 0 Å². The smallest absolute Gasteiger partial charge is 0.123 e. The van der Waals surface area contributed by atoms with Gasteiger partial charge in [0, 0.05) is 10.4 Å². The van der Waals surface area contributed by atoms with Gasteiger partial charge in [0.25, 0.3) is 0 Å². The van der Waals surface area contributed by atoms with Crippen molar-refractivity contribution in [3.05, 3.63) is 28.2 Å². The lowest BCUT2D eigenvalue weighted by Crippen LogP contribution is -2.05. The van der Waals surface area contributed by atoms with Crippen molar-refractivity contribution in [1.29, 1.82) is 0 Å². The van der Waals surface area contributed by atoms with E-state index in [1.54, 1.807) is 0 Å². The molecule has 0 aliphatic rings. The number of rotatable bonds is 6. The Balaban J connectivity index is 2.39. The van der Waals surface area contributed by atoms with Crippen LogP contribution in [-0.4, -0.2) is 12.5 Å². The van der Waals surface area contributed by atoms with E-state index in [9.17, 15) is 0 Å². The average molecular weight is 306 g/mol. The zero-order chi connectivity index (χ0) is 12.0. The summed E-state index contributed by atoms with van der Waals surface area (Å²) in [6, 6.07) is 6.10. The van der Waals surface area contributed by atoms with Gasteiger partial charge < -0.3 is 4.74 Å². The highest BCUT2D eigenvalue weighted by atomic mass is 79.9. The molecule has 0 radical (unpaired) electrons. The van der Waals surface area contributed by atoms with Crippen LogP contribution in [-0.2, 0) is 0 Å². The molecular formula is C13H18BrClO. The maximum Gasteiger partial charge on any atom is 0.123 e. The Labute approximate surface area is 111 Å². The van der Waals surface area contributed by atoms with E-state index in [1.165, 1.54) is 5.56 Å². The van der Waals surface area contributed by atoms with Crippen molar-refractivity contribution in [3.63, 3.8) is 0 Å². The minimum atomic E-state index is 0.630. The Morgan fingerprint density at radius 2 is 2.12 bits per heavy atom. The molecule has 0 aliphatic carbocycles. The minimum Gasteiger partial charge on any atom is -0.493 e. The molecule has 16 heavy (non-hydrogen) atoms. The first-order valence-electron chi connectivity index (χ1n) is 5.58. The van der Waals surface area contributed by atoms with Gasteiger partial charge in [0.1, 0.15) is 5.75 Å². The third kappa shape index (κ3) is 4.75. The van der Waals surface area contributed by atoms with Crippen molar-refractivity contribution in [1.82, 2.24) is 0 Å². The van der Waals surface area contributed by atoms with Crippen LogP contribution < -0.4 is 4.74 Å². The molecule has 0 saturated carbocycles. The van der Waals surface area contributed by atoms with Crippen LogP contribution in [0.25, 0.3) is 0 Å². The van der Waals surface area contributed by atoms with Gasteiger partial charge in [-0.05, 0) is 43.4 Å². The molecule has 1 unspecified atom stereocenters. The van der Waals surface area contributed by atoms with E-state index >= 15 is 0 Å². The summed E-state index contributed by atoms with van der Waals surface area (Å²) in [7, 11) is 0. The second-order valence-corrected chi connectivity index (χ2v) is 5.42. The Morgan fingerprint density at radius 1 is 1.38 bits per heavy atom. The molecule has 0 bridgehead atoms. The lowest BCUT2D eigenvalue weighted by Gasteiger charge is -2.12. The van der Waals surface area contributed by atoms with E-state index in [1.807, 2.05) is 12.1 Å². The topological polar surface area (TPSA) is 9.23 Å². The van der Waals surface area contributed by atoms with Gasteiger partial charge in [-0.2, -0.15) is 0 Å². The van der Waals surface area contributed by atoms with Crippen LogP contribution in [0.3, 0.4) is 0 Å². The second kappa shape index (κ2) is 7.18. The maximum atomic E-state index is 5.76. The number of aryl methyl sites for hydroxylation is 1. The van der Waals surface area contributed by atoms with Gasteiger partial charge in [-0.15, -0.1) is 11.6 Å². The van der Waals surface area contributed by atoms with Crippen LogP contribution in [0.4, 0.5) is 0 Å². The standard InChI is InChI=1S/C13H18BrClO/c1-10(5-7-15)6-8-16-13-9-12(14)4-3-11(13)2/h3-4,9-10H,5-8H2,1-2H3. The summed E-state index contributed by atoms with van der Waals surface area (Å²) in [5.41, 5.74) is 1.17. The van der Waals surface area contributed by atoms with Crippen LogP contribution in [0.2, 0.25) is 0 Å². The van der Waals surface area contributed by atoms with Crippen LogP contribution in [0, 0.1) is 12.8 Å². The van der Waals surface area contributed by atoms with Crippen molar-refractivity contribution < 1.29 is 4.74 Å². The normalized spacial score (nSPS) is 12.5. The number of halogens is 2. The van der Waals surface area contributed by atoms with Crippen molar-refractivity contribution in [2.24, 2.45) is 5.92 Å². The molecule has 0 amide bonds. The van der Waals surface area contributed by atoms with Gasteiger partial charge in [-0.25, -0.2) is 0 Å². The monoisotopic (exact) mass is 304 g/mol. The summed E-state index contributed by atoms with van der Waals surface area (Å²) >= 11 is 9.14. The second-order valence-electron chi connectivity index (χ2n) is 4.13. The van der Waals surface area contributed by atoms with Crippen molar-refractivity contribution in [2.45, 2.75) is 26.7 Å². The summed E-state index contributed by atoms with van der Waals surface area (Å²) < 4.78 is 6.82. The Bertz CT molecular complexity index is 328. The van der Waals surface area contributed by atoms with E-state index < -0.39 is 0 Å². The van der Waals surface area contributed by atoms with E-state index in [-0.39, 0.29) is 0 Å². The summed E-state index contributed by atoms with van der Waals surface area (Å²) in [5.74, 6) is 2.33. The van der Waals surface area contributed by atoms with Crippen LogP contribution >= 0.6 is 27.5 Å². The predicted molar refractivity (Wildman–Crippen MR) is 73.5 cm³/mol. The fraction of sp³-hybridized carbons (Fsp3) is 0.538. The molecule has 3 heteroatoms. The number of hydrogen-bond donors (Lipinski definition) is 0. The van der Waals surface area contributed by atoms with Crippen LogP contribution in [0.1, 0.15) is 25.3 Å². The van der Waals surface area contributed by atoms with E-state index in [2.05, 4.69) is 35.8 Å². The van der Waals surface area contributed by atoms with Crippen molar-refractivity contribution in [3.8, 4) is 5.75 Å². The molecule has 1 nitrogen and oxygen atoms in total. The molecule has 1 aromatic rings. The van der Waals surface area contributed by atoms with Gasteiger partial charge in [0.2, 0.25) is 0 Å². The first kappa shape index (κ1) is 13.9. The zero-order valence-corrected chi connectivity index (χ0v) is 12.1. The van der Waals surface area contributed by atoms with Gasteiger partial charge in [-0.3, -0.25) is 0 Å². The summed E-state index contributed by atoms with van der Waals surface area (Å²) in [5, 5.41) is 0. The molecule has 0 spiro atoms. The van der Waals surface area contributed by atoms with Crippen molar-refractivity contribution in [2.75, 3.05) is 12.5 Å². The first-order valence-corrected chi connectivity index (χ1v) is 6.91. The largest absolute Gasteiger partial charge is 0.493 e. The molecule has 90 valence electrons. The predicted octanol–water partition coefficient (Wildman–Crippen LogP) is 4.79. The fourth-order valence-electron chi connectivity index (χ4n) is 1.43. The summed E-state index contributed by atoms with van der Waals surface area (Å²) in [4.78, 5) is 0. The highest BCUT2D eigenvalue weighted by Gasteiger charge is 2.03. The van der Waals surface area contributed by atoms with Gasteiger partial charge in [0.15, 0.2) is 0 Å². The van der Waals surface area contributed by atoms with Crippen LogP contribution in [0.5, 0.6) is 5.75 Å². The van der Waals surface area contributed by atoms with Gasteiger partial charge in [0.05, 0.1) is 6.61 Å². The Morgan fingerprint density at radius 3 is 2.81 bits per heavy atom. The summed E-state index contributed by atoms with van der Waals surface area (Å²) in [6.45, 7) is 5.03. The maximum absolute atomic E-state index is 5.76. The molecule has 0 aromatic heterocycles. The third-order valence-corrected chi connectivity index (χ3v) is 3.33. The molecular weight excluding hydrogens is 287 g/mol. The molecule has 1 rings (SSSR count). The Kier molecular flexibility index (Phi) is 6.22. The number of alkyl halides is 1. The lowest BCUT2D eigenvalue weighted by molar-refractivity contribution is 0.280. The highest BCUT2D eigenvalue weighted by molar-refractivity contribution is 9.10. The highest BCUT2D eigenvalue weighted by Crippen LogP contribution is 2.23. The third-order valence-electron chi connectivity index (χ3n) is 2.62. The zero-order valence-electron chi connectivity index (χ0n) is 9.80.